The van der Waals surface area contributed by atoms with Crippen molar-refractivity contribution >= 4 is 23.0 Å². The lowest BCUT2D eigenvalue weighted by atomic mass is 10.1. The summed E-state index contributed by atoms with van der Waals surface area (Å²) in [4.78, 5) is 10.6. The van der Waals surface area contributed by atoms with Gasteiger partial charge < -0.3 is 19.7 Å². The summed E-state index contributed by atoms with van der Waals surface area (Å²) in [7, 11) is 0. The Hall–Kier alpha value is -3.21. The van der Waals surface area contributed by atoms with Crippen molar-refractivity contribution in [3.8, 4) is 22.8 Å². The van der Waals surface area contributed by atoms with Crippen LogP contribution >= 0.6 is 0 Å². The van der Waals surface area contributed by atoms with Crippen molar-refractivity contribution in [3.05, 3.63) is 54.1 Å². The quantitative estimate of drug-likeness (QED) is 0.642. The lowest BCUT2D eigenvalue weighted by Gasteiger charge is -1.99. The summed E-state index contributed by atoms with van der Waals surface area (Å²) in [5.41, 5.74) is 1.34. The third-order valence-electron chi connectivity index (χ3n) is 3.21. The van der Waals surface area contributed by atoms with Crippen molar-refractivity contribution < 1.29 is 24.5 Å². The molecule has 1 heterocycles. The summed E-state index contributed by atoms with van der Waals surface area (Å²) in [5.74, 6) is -0.666. The number of aliphatic carboxylic acids is 1. The first kappa shape index (κ1) is 13.8. The molecule has 3 rings (SSSR count). The van der Waals surface area contributed by atoms with Gasteiger partial charge in [0.15, 0.2) is 11.3 Å². The first-order valence-corrected chi connectivity index (χ1v) is 6.50. The molecule has 0 aliphatic carbocycles. The maximum absolute atomic E-state index is 10.6. The minimum absolute atomic E-state index is 0.0760. The van der Waals surface area contributed by atoms with Crippen molar-refractivity contribution in [1.82, 2.24) is 0 Å². The molecule has 22 heavy (non-hydrogen) atoms. The van der Waals surface area contributed by atoms with E-state index in [1.165, 1.54) is 12.1 Å². The molecule has 0 saturated heterocycles. The van der Waals surface area contributed by atoms with E-state index in [2.05, 4.69) is 0 Å². The zero-order chi connectivity index (χ0) is 15.7. The summed E-state index contributed by atoms with van der Waals surface area (Å²) in [6, 6.07) is 11.5. The van der Waals surface area contributed by atoms with E-state index in [9.17, 15) is 15.0 Å². The van der Waals surface area contributed by atoms with Crippen molar-refractivity contribution in [2.24, 2.45) is 0 Å². The van der Waals surface area contributed by atoms with Crippen LogP contribution in [-0.4, -0.2) is 21.3 Å². The summed E-state index contributed by atoms with van der Waals surface area (Å²) >= 11 is 0. The van der Waals surface area contributed by atoms with Crippen molar-refractivity contribution in [3.63, 3.8) is 0 Å². The molecule has 3 N–H and O–H groups in total. The van der Waals surface area contributed by atoms with Crippen LogP contribution in [0.4, 0.5) is 0 Å². The highest BCUT2D eigenvalue weighted by molar-refractivity contribution is 5.91. The molecule has 0 radical (unpaired) electrons. The number of carboxylic acids is 1. The molecule has 0 bridgehead atoms. The summed E-state index contributed by atoms with van der Waals surface area (Å²) < 4.78 is 5.60. The van der Waals surface area contributed by atoms with E-state index in [-0.39, 0.29) is 17.1 Å². The molecule has 0 atom stereocenters. The summed E-state index contributed by atoms with van der Waals surface area (Å²) in [5, 5.41) is 29.1. The molecule has 0 unspecified atom stereocenters. The van der Waals surface area contributed by atoms with Gasteiger partial charge in [-0.1, -0.05) is 12.1 Å². The van der Waals surface area contributed by atoms with Gasteiger partial charge in [0, 0.05) is 11.5 Å². The van der Waals surface area contributed by atoms with Crippen molar-refractivity contribution in [2.45, 2.75) is 0 Å². The zero-order valence-corrected chi connectivity index (χ0v) is 11.4. The molecule has 0 amide bonds. The fourth-order valence-electron chi connectivity index (χ4n) is 2.24. The fraction of sp³-hybridized carbons (Fsp3) is 0. The van der Waals surface area contributed by atoms with Gasteiger partial charge in [-0.15, -0.1) is 0 Å². The molecule has 1 aromatic heterocycles. The van der Waals surface area contributed by atoms with E-state index < -0.39 is 5.97 Å². The van der Waals surface area contributed by atoms with E-state index in [1.807, 2.05) is 0 Å². The molecule has 0 spiro atoms. The van der Waals surface area contributed by atoms with E-state index >= 15 is 0 Å². The highest BCUT2D eigenvalue weighted by Crippen LogP contribution is 2.37. The maximum atomic E-state index is 10.6. The van der Waals surface area contributed by atoms with Gasteiger partial charge in [-0.25, -0.2) is 4.79 Å². The Bertz CT molecular complexity index is 889. The third kappa shape index (κ3) is 2.52. The first-order chi connectivity index (χ1) is 10.5. The molecule has 3 aromatic rings. The average Bonchev–Trinajstić information content (AvgIpc) is 2.90. The van der Waals surface area contributed by atoms with E-state index in [0.717, 1.165) is 6.08 Å². The van der Waals surface area contributed by atoms with Crippen LogP contribution < -0.4 is 0 Å². The Balaban J connectivity index is 2.12. The van der Waals surface area contributed by atoms with Crippen molar-refractivity contribution in [2.75, 3.05) is 0 Å². The van der Waals surface area contributed by atoms with Crippen LogP contribution in [0.2, 0.25) is 0 Å². The second-order valence-corrected chi connectivity index (χ2v) is 4.76. The average molecular weight is 296 g/mol. The number of hydrogen-bond acceptors (Lipinski definition) is 4. The van der Waals surface area contributed by atoms with E-state index in [1.54, 1.807) is 36.4 Å². The van der Waals surface area contributed by atoms with Crippen LogP contribution in [0.3, 0.4) is 0 Å². The smallest absolute Gasteiger partial charge is 0.328 e. The van der Waals surface area contributed by atoms with E-state index in [0.29, 0.717) is 22.3 Å². The molecule has 5 nitrogen and oxygen atoms in total. The number of rotatable bonds is 3. The molecular weight excluding hydrogens is 284 g/mol. The Morgan fingerprint density at radius 3 is 2.55 bits per heavy atom. The molecule has 0 saturated carbocycles. The molecular formula is C17H12O5. The Labute approximate surface area is 125 Å². The number of fused-ring (bicyclic) bond motifs is 1. The number of carbonyl (C=O) groups is 1. The number of furan rings is 1. The lowest BCUT2D eigenvalue weighted by molar-refractivity contribution is -0.131. The van der Waals surface area contributed by atoms with Crippen LogP contribution in [-0.2, 0) is 4.79 Å². The van der Waals surface area contributed by atoms with Gasteiger partial charge in [0.25, 0.3) is 0 Å². The maximum Gasteiger partial charge on any atom is 0.328 e. The molecule has 0 aliphatic rings. The topological polar surface area (TPSA) is 90.9 Å². The number of benzene rings is 2. The minimum atomic E-state index is -1.07. The predicted octanol–water partition coefficient (Wildman–Crippen LogP) is 3.61. The Morgan fingerprint density at radius 1 is 1.05 bits per heavy atom. The van der Waals surface area contributed by atoms with Crippen LogP contribution in [0.15, 0.2) is 53.0 Å². The van der Waals surface area contributed by atoms with Gasteiger partial charge >= 0.3 is 5.97 Å². The molecule has 2 aromatic carbocycles. The van der Waals surface area contributed by atoms with Crippen LogP contribution in [0, 0.1) is 0 Å². The monoisotopic (exact) mass is 296 g/mol. The Kier molecular flexibility index (Phi) is 3.31. The second-order valence-electron chi connectivity index (χ2n) is 4.76. The molecule has 0 aliphatic heterocycles. The Morgan fingerprint density at radius 2 is 1.82 bits per heavy atom. The first-order valence-electron chi connectivity index (χ1n) is 6.50. The largest absolute Gasteiger partial charge is 0.507 e. The normalized spacial score (nSPS) is 11.3. The van der Waals surface area contributed by atoms with Gasteiger partial charge in [-0.2, -0.15) is 0 Å². The van der Waals surface area contributed by atoms with Gasteiger partial charge in [0.1, 0.15) is 11.5 Å². The standard InChI is InChI=1S/C17H12O5/c18-13-4-2-1-3-12(13)15-9-11-7-10(5-6-16(20)21)8-14(19)17(11)22-15/h1-9,18-19H,(H,20,21)/b6-5+. The van der Waals surface area contributed by atoms with Crippen LogP contribution in [0.5, 0.6) is 11.5 Å². The number of hydrogen-bond donors (Lipinski definition) is 3. The van der Waals surface area contributed by atoms with Crippen LogP contribution in [0.1, 0.15) is 5.56 Å². The number of carboxylic acid groups (broad SMARTS) is 1. The van der Waals surface area contributed by atoms with Gasteiger partial charge in [-0.05, 0) is 42.0 Å². The predicted molar refractivity (Wildman–Crippen MR) is 81.6 cm³/mol. The zero-order valence-electron chi connectivity index (χ0n) is 11.4. The molecule has 110 valence electrons. The molecule has 5 heteroatoms. The van der Waals surface area contributed by atoms with Gasteiger partial charge in [0.2, 0.25) is 0 Å². The second kappa shape index (κ2) is 5.29. The number of aromatic hydroxyl groups is 2. The van der Waals surface area contributed by atoms with Gasteiger partial charge in [0.05, 0.1) is 5.56 Å². The summed E-state index contributed by atoms with van der Waals surface area (Å²) in [6.07, 6.45) is 2.37. The SMILES string of the molecule is O=C(O)/C=C/c1cc(O)c2oc(-c3ccccc3O)cc2c1. The highest BCUT2D eigenvalue weighted by atomic mass is 16.4. The van der Waals surface area contributed by atoms with Gasteiger partial charge in [-0.3, -0.25) is 0 Å². The number of phenols is 2. The van der Waals surface area contributed by atoms with Crippen molar-refractivity contribution in [1.29, 1.82) is 0 Å². The third-order valence-corrected chi connectivity index (χ3v) is 3.21. The van der Waals surface area contributed by atoms with E-state index in [4.69, 9.17) is 9.52 Å². The minimum Gasteiger partial charge on any atom is -0.507 e. The highest BCUT2D eigenvalue weighted by Gasteiger charge is 2.13. The van der Waals surface area contributed by atoms with Crippen LogP contribution in [0.25, 0.3) is 28.4 Å². The molecule has 0 fully saturated rings. The lowest BCUT2D eigenvalue weighted by Crippen LogP contribution is -1.85. The number of para-hydroxylation sites is 1. The number of phenolic OH excluding ortho intramolecular Hbond substituents is 2. The summed E-state index contributed by atoms with van der Waals surface area (Å²) in [6.45, 7) is 0. The fourth-order valence-corrected chi connectivity index (χ4v) is 2.24.